The Morgan fingerprint density at radius 3 is 2.55 bits per heavy atom. The van der Waals surface area contributed by atoms with Crippen molar-refractivity contribution in [3.63, 3.8) is 0 Å². The van der Waals surface area contributed by atoms with Crippen molar-refractivity contribution < 1.29 is 14.2 Å². The molecule has 10 nitrogen and oxygen atoms in total. The number of aliphatic hydroxyl groups is 1. The zero-order chi connectivity index (χ0) is 26.8. The Kier molecular flexibility index (Phi) is 5.80. The summed E-state index contributed by atoms with van der Waals surface area (Å²) in [4.78, 5) is 8.92. The fourth-order valence-electron chi connectivity index (χ4n) is 5.89. The number of halogens is 1. The van der Waals surface area contributed by atoms with Crippen LogP contribution < -0.4 is 0 Å². The summed E-state index contributed by atoms with van der Waals surface area (Å²) in [5.74, 6) is -0.290. The molecule has 1 fully saturated rings. The van der Waals surface area contributed by atoms with E-state index in [-0.39, 0.29) is 11.7 Å². The fourth-order valence-corrected chi connectivity index (χ4v) is 5.89. The van der Waals surface area contributed by atoms with Gasteiger partial charge in [0.1, 0.15) is 28.1 Å². The van der Waals surface area contributed by atoms with Crippen molar-refractivity contribution in [2.45, 2.75) is 45.3 Å². The van der Waals surface area contributed by atoms with Crippen LogP contribution in [0.25, 0.3) is 33.3 Å². The number of ether oxygens (including phenoxy) is 1. The van der Waals surface area contributed by atoms with Crippen LogP contribution in [0.15, 0.2) is 30.7 Å². The molecule has 198 valence electrons. The van der Waals surface area contributed by atoms with Gasteiger partial charge >= 0.3 is 0 Å². The largest absolute Gasteiger partial charge is 0.384 e. The van der Waals surface area contributed by atoms with Crippen LogP contribution >= 0.6 is 0 Å². The minimum Gasteiger partial charge on any atom is -0.384 e. The average molecular weight is 519 g/mol. The summed E-state index contributed by atoms with van der Waals surface area (Å²) in [7, 11) is 3.70. The van der Waals surface area contributed by atoms with Crippen molar-refractivity contribution in [3.05, 3.63) is 53.5 Å². The van der Waals surface area contributed by atoms with Crippen LogP contribution in [-0.2, 0) is 24.4 Å². The average Bonchev–Trinajstić information content (AvgIpc) is 3.52. The van der Waals surface area contributed by atoms with Crippen molar-refractivity contribution in [3.8, 4) is 11.3 Å². The minimum absolute atomic E-state index is 0.0815. The Bertz CT molecular complexity index is 1640. The molecule has 0 saturated carbocycles. The van der Waals surface area contributed by atoms with Gasteiger partial charge in [0.25, 0.3) is 0 Å². The molecule has 0 amide bonds. The summed E-state index contributed by atoms with van der Waals surface area (Å²) < 4.78 is 26.8. The Labute approximate surface area is 219 Å². The van der Waals surface area contributed by atoms with Gasteiger partial charge in [0, 0.05) is 50.8 Å². The van der Waals surface area contributed by atoms with E-state index in [1.807, 2.05) is 27.2 Å². The normalized spacial score (nSPS) is 16.1. The maximum absolute atomic E-state index is 15.5. The maximum Gasteiger partial charge on any atom is 0.146 e. The zero-order valence-corrected chi connectivity index (χ0v) is 22.2. The third-order valence-corrected chi connectivity index (χ3v) is 7.58. The molecule has 0 unspecified atom stereocenters. The van der Waals surface area contributed by atoms with E-state index in [0.717, 1.165) is 51.9 Å². The molecule has 1 atom stereocenters. The van der Waals surface area contributed by atoms with Gasteiger partial charge in [0.05, 0.1) is 34.7 Å². The molecule has 5 aromatic rings. The summed E-state index contributed by atoms with van der Waals surface area (Å²) in [6, 6.07) is 3.42. The lowest BCUT2D eigenvalue weighted by molar-refractivity contribution is 0.0543. The molecule has 1 aliphatic rings. The molecular weight excluding hydrogens is 487 g/mol. The number of aromatic nitrogens is 8. The standard InChI is InChI=1S/C27H31FN8O2/c1-15-22(35(5)33-31-15)17-12-20-21(30-13-17)24-25(26(27(2,3)37)32-34(24)4)36(20)23(16-7-10-38-11-8-16)18-6-9-29-14-19(18)28/h6,9,12-14,16,23,37H,7-8,10-11H2,1-5H3/t23-/m0/s1. The molecule has 0 aromatic carbocycles. The van der Waals surface area contributed by atoms with Crippen LogP contribution in [0, 0.1) is 18.7 Å². The third kappa shape index (κ3) is 3.80. The van der Waals surface area contributed by atoms with Gasteiger partial charge in [-0.25, -0.2) is 9.07 Å². The van der Waals surface area contributed by atoms with Crippen LogP contribution in [0.4, 0.5) is 4.39 Å². The van der Waals surface area contributed by atoms with Gasteiger partial charge in [0.2, 0.25) is 0 Å². The van der Waals surface area contributed by atoms with Gasteiger partial charge in [-0.1, -0.05) is 5.21 Å². The zero-order valence-electron chi connectivity index (χ0n) is 22.2. The first-order chi connectivity index (χ1) is 18.2. The first kappa shape index (κ1) is 24.6. The van der Waals surface area contributed by atoms with Crippen molar-refractivity contribution in [2.24, 2.45) is 20.0 Å². The molecule has 1 saturated heterocycles. The quantitative estimate of drug-likeness (QED) is 0.377. The molecule has 0 radical (unpaired) electrons. The third-order valence-electron chi connectivity index (χ3n) is 7.58. The van der Waals surface area contributed by atoms with E-state index in [4.69, 9.17) is 14.8 Å². The van der Waals surface area contributed by atoms with Crippen LogP contribution in [0.3, 0.4) is 0 Å². The van der Waals surface area contributed by atoms with E-state index in [1.54, 1.807) is 35.5 Å². The van der Waals surface area contributed by atoms with Gasteiger partial charge < -0.3 is 14.4 Å². The Morgan fingerprint density at radius 2 is 1.89 bits per heavy atom. The highest BCUT2D eigenvalue weighted by Crippen LogP contribution is 2.44. The topological polar surface area (TPSA) is 109 Å². The lowest BCUT2D eigenvalue weighted by atomic mass is 9.86. The SMILES string of the molecule is Cc1nnn(C)c1-c1cnc2c3c(c(C(C)(C)O)nn3C)n([C@H](c3ccncc3F)C3CCOCC3)c2c1. The Morgan fingerprint density at radius 1 is 1.13 bits per heavy atom. The van der Waals surface area contributed by atoms with Crippen LogP contribution in [0.1, 0.15) is 49.7 Å². The molecule has 11 heteroatoms. The summed E-state index contributed by atoms with van der Waals surface area (Å²) in [5.41, 5.74) is 5.39. The smallest absolute Gasteiger partial charge is 0.146 e. The van der Waals surface area contributed by atoms with Crippen molar-refractivity contribution in [1.82, 2.24) is 39.3 Å². The van der Waals surface area contributed by atoms with E-state index in [9.17, 15) is 5.11 Å². The second-order valence-electron chi connectivity index (χ2n) is 10.6. The lowest BCUT2D eigenvalue weighted by Gasteiger charge is -2.33. The van der Waals surface area contributed by atoms with Crippen molar-refractivity contribution in [2.75, 3.05) is 13.2 Å². The first-order valence-corrected chi connectivity index (χ1v) is 12.8. The summed E-state index contributed by atoms with van der Waals surface area (Å²) in [6.45, 7) is 6.55. The second-order valence-corrected chi connectivity index (χ2v) is 10.6. The number of hydrogen-bond donors (Lipinski definition) is 1. The summed E-state index contributed by atoms with van der Waals surface area (Å²) >= 11 is 0. The van der Waals surface area contributed by atoms with E-state index in [1.165, 1.54) is 6.20 Å². The van der Waals surface area contributed by atoms with Gasteiger partial charge in [-0.2, -0.15) is 5.10 Å². The molecule has 6 rings (SSSR count). The molecule has 6 heterocycles. The summed E-state index contributed by atoms with van der Waals surface area (Å²) in [5, 5.41) is 24.3. The first-order valence-electron chi connectivity index (χ1n) is 12.8. The number of fused-ring (bicyclic) bond motifs is 3. The van der Waals surface area contributed by atoms with Crippen LogP contribution in [-0.4, -0.2) is 57.6 Å². The van der Waals surface area contributed by atoms with E-state index in [0.29, 0.717) is 24.5 Å². The van der Waals surface area contributed by atoms with Crippen LogP contribution in [0.2, 0.25) is 0 Å². The Balaban J connectivity index is 1.75. The lowest BCUT2D eigenvalue weighted by Crippen LogP contribution is -2.28. The highest BCUT2D eigenvalue weighted by Gasteiger charge is 2.36. The highest BCUT2D eigenvalue weighted by atomic mass is 19.1. The van der Waals surface area contributed by atoms with Crippen LogP contribution in [0.5, 0.6) is 0 Å². The fraction of sp³-hybridized carbons (Fsp3) is 0.444. The predicted molar refractivity (Wildman–Crippen MR) is 140 cm³/mol. The molecule has 0 aliphatic carbocycles. The summed E-state index contributed by atoms with van der Waals surface area (Å²) in [6.07, 6.45) is 6.24. The molecule has 5 aromatic heterocycles. The maximum atomic E-state index is 15.5. The monoisotopic (exact) mass is 518 g/mol. The van der Waals surface area contributed by atoms with E-state index in [2.05, 4.69) is 25.9 Å². The van der Waals surface area contributed by atoms with E-state index < -0.39 is 11.6 Å². The van der Waals surface area contributed by atoms with Gasteiger partial charge in [-0.15, -0.1) is 5.10 Å². The molecule has 0 spiro atoms. The second kappa shape index (κ2) is 8.95. The molecule has 1 N–H and O–H groups in total. The number of rotatable bonds is 5. The van der Waals surface area contributed by atoms with Crippen molar-refractivity contribution in [1.29, 1.82) is 0 Å². The number of pyridine rings is 2. The minimum atomic E-state index is -1.24. The highest BCUT2D eigenvalue weighted by molar-refractivity contribution is 6.06. The molecule has 0 bridgehead atoms. The number of nitrogens with zero attached hydrogens (tertiary/aromatic N) is 8. The molecular formula is C27H31FN8O2. The van der Waals surface area contributed by atoms with Gasteiger partial charge in [-0.05, 0) is 51.7 Å². The molecule has 38 heavy (non-hydrogen) atoms. The number of aryl methyl sites for hydroxylation is 3. The van der Waals surface area contributed by atoms with E-state index >= 15 is 4.39 Å². The Hall–Kier alpha value is -3.70. The van der Waals surface area contributed by atoms with Crippen molar-refractivity contribution >= 4 is 22.1 Å². The predicted octanol–water partition coefficient (Wildman–Crippen LogP) is 3.80. The number of hydrogen-bond acceptors (Lipinski definition) is 7. The molecule has 1 aliphatic heterocycles. The van der Waals surface area contributed by atoms with Gasteiger partial charge in [-0.3, -0.25) is 14.6 Å². The van der Waals surface area contributed by atoms with Gasteiger partial charge in [0.15, 0.2) is 0 Å².